The van der Waals surface area contributed by atoms with Gasteiger partial charge in [0.05, 0.1) is 23.7 Å². The number of hydrogen-bond donors (Lipinski definition) is 1. The fourth-order valence-corrected chi connectivity index (χ4v) is 3.60. The third kappa shape index (κ3) is 3.57. The highest BCUT2D eigenvalue weighted by Gasteiger charge is 2.16. The molecule has 2 aromatic carbocycles. The number of ether oxygens (including phenoxy) is 1. The topological polar surface area (TPSA) is 87.2 Å². The van der Waals surface area contributed by atoms with Crippen molar-refractivity contribution in [3.8, 4) is 11.4 Å². The molecule has 1 heterocycles. The Bertz CT molecular complexity index is 1030. The summed E-state index contributed by atoms with van der Waals surface area (Å²) in [5, 5.41) is 1.02. The summed E-state index contributed by atoms with van der Waals surface area (Å²) in [6, 6.07) is 12.8. The molecule has 6 nitrogen and oxygen atoms in total. The predicted molar refractivity (Wildman–Crippen MR) is 103 cm³/mol. The Morgan fingerprint density at radius 2 is 2.04 bits per heavy atom. The fourth-order valence-electron chi connectivity index (χ4n) is 2.64. The molecule has 3 rings (SSSR count). The van der Waals surface area contributed by atoms with Crippen molar-refractivity contribution in [3.05, 3.63) is 58.4 Å². The Morgan fingerprint density at radius 1 is 1.27 bits per heavy atom. The van der Waals surface area contributed by atoms with E-state index in [0.717, 1.165) is 5.56 Å². The number of benzene rings is 2. The van der Waals surface area contributed by atoms with Crippen LogP contribution in [0, 0.1) is 6.92 Å². The molecule has 1 amide bonds. The highest BCUT2D eigenvalue weighted by atomic mass is 32.2. The number of fused-ring (bicyclic) bond motifs is 1. The molecule has 3 aromatic rings. The predicted octanol–water partition coefficient (Wildman–Crippen LogP) is 2.67. The first-order valence-corrected chi connectivity index (χ1v) is 9.07. The van der Waals surface area contributed by atoms with Gasteiger partial charge in [0, 0.05) is 12.2 Å². The van der Waals surface area contributed by atoms with Gasteiger partial charge in [-0.05, 0) is 36.8 Å². The molecule has 0 saturated carbocycles. The van der Waals surface area contributed by atoms with Gasteiger partial charge in [0.2, 0.25) is 5.91 Å². The van der Waals surface area contributed by atoms with Crippen LogP contribution in [0.15, 0.2) is 52.4 Å². The van der Waals surface area contributed by atoms with Crippen molar-refractivity contribution in [2.75, 3.05) is 12.9 Å². The summed E-state index contributed by atoms with van der Waals surface area (Å²) in [5.41, 5.74) is 7.28. The quantitative estimate of drug-likeness (QED) is 0.533. The standard InChI is InChI=1S/C19H19N3O3S/c1-12-7-8-16(25-2)15(11-12)22-18(24)13-5-3-4-6-14(13)21-19(22)26-10-9-17(20)23/h3-8,11H,9-10H2,1-2H3,(H2,20,23). The Balaban J connectivity index is 2.24. The van der Waals surface area contributed by atoms with Crippen molar-refractivity contribution >= 4 is 28.6 Å². The summed E-state index contributed by atoms with van der Waals surface area (Å²) >= 11 is 1.32. The van der Waals surface area contributed by atoms with Gasteiger partial charge in [-0.3, -0.25) is 14.2 Å². The lowest BCUT2D eigenvalue weighted by atomic mass is 10.2. The third-order valence-electron chi connectivity index (χ3n) is 3.90. The van der Waals surface area contributed by atoms with Gasteiger partial charge in [-0.25, -0.2) is 4.98 Å². The number of amides is 1. The summed E-state index contributed by atoms with van der Waals surface area (Å²) < 4.78 is 6.99. The van der Waals surface area contributed by atoms with Crippen LogP contribution in [-0.4, -0.2) is 28.3 Å². The van der Waals surface area contributed by atoms with Gasteiger partial charge in [0.25, 0.3) is 5.56 Å². The molecule has 0 aliphatic rings. The van der Waals surface area contributed by atoms with Crippen LogP contribution < -0.4 is 16.0 Å². The number of aromatic nitrogens is 2. The molecule has 0 aliphatic carbocycles. The molecule has 1 aromatic heterocycles. The Morgan fingerprint density at radius 3 is 2.77 bits per heavy atom. The Hall–Kier alpha value is -2.80. The van der Waals surface area contributed by atoms with E-state index in [1.54, 1.807) is 23.8 Å². The average molecular weight is 369 g/mol. The third-order valence-corrected chi connectivity index (χ3v) is 4.84. The minimum Gasteiger partial charge on any atom is -0.495 e. The SMILES string of the molecule is COc1ccc(C)cc1-n1c(SCCC(N)=O)nc2ccccc2c1=O. The van der Waals surface area contributed by atoms with Crippen LogP contribution in [0.5, 0.6) is 5.75 Å². The zero-order valence-electron chi connectivity index (χ0n) is 14.6. The first kappa shape index (κ1) is 18.0. The van der Waals surface area contributed by atoms with Crippen LogP contribution >= 0.6 is 11.8 Å². The number of rotatable bonds is 6. The molecule has 0 unspecified atom stereocenters. The molecule has 0 bridgehead atoms. The van der Waals surface area contributed by atoms with E-state index in [1.807, 2.05) is 37.3 Å². The van der Waals surface area contributed by atoms with Gasteiger partial charge in [0.15, 0.2) is 5.16 Å². The highest BCUT2D eigenvalue weighted by Crippen LogP contribution is 2.28. The number of aryl methyl sites for hydroxylation is 1. The van der Waals surface area contributed by atoms with E-state index in [-0.39, 0.29) is 17.9 Å². The maximum Gasteiger partial charge on any atom is 0.266 e. The van der Waals surface area contributed by atoms with E-state index in [9.17, 15) is 9.59 Å². The maximum atomic E-state index is 13.2. The molecule has 0 radical (unpaired) electrons. The number of thioether (sulfide) groups is 1. The Labute approximate surface area is 155 Å². The number of nitrogens with zero attached hydrogens (tertiary/aromatic N) is 2. The highest BCUT2D eigenvalue weighted by molar-refractivity contribution is 7.99. The van der Waals surface area contributed by atoms with Gasteiger partial charge in [-0.2, -0.15) is 0 Å². The van der Waals surface area contributed by atoms with E-state index in [1.165, 1.54) is 11.8 Å². The molecular formula is C19H19N3O3S. The van der Waals surface area contributed by atoms with Crippen LogP contribution in [-0.2, 0) is 4.79 Å². The molecule has 0 saturated heterocycles. The molecule has 0 spiro atoms. The van der Waals surface area contributed by atoms with Crippen LogP contribution in [0.1, 0.15) is 12.0 Å². The van der Waals surface area contributed by atoms with Gasteiger partial charge >= 0.3 is 0 Å². The lowest BCUT2D eigenvalue weighted by Crippen LogP contribution is -2.22. The lowest BCUT2D eigenvalue weighted by molar-refractivity contribution is -0.117. The average Bonchev–Trinajstić information content (AvgIpc) is 2.62. The number of para-hydroxylation sites is 1. The fraction of sp³-hybridized carbons (Fsp3) is 0.211. The molecular weight excluding hydrogens is 350 g/mol. The molecule has 0 atom stereocenters. The van der Waals surface area contributed by atoms with Crippen molar-refractivity contribution in [1.29, 1.82) is 0 Å². The monoisotopic (exact) mass is 369 g/mol. The number of methoxy groups -OCH3 is 1. The Kier molecular flexibility index (Phi) is 5.27. The second-order valence-electron chi connectivity index (χ2n) is 5.79. The summed E-state index contributed by atoms with van der Waals surface area (Å²) in [4.78, 5) is 28.9. The van der Waals surface area contributed by atoms with Crippen LogP contribution in [0.3, 0.4) is 0 Å². The van der Waals surface area contributed by atoms with Crippen LogP contribution in [0.4, 0.5) is 0 Å². The van der Waals surface area contributed by atoms with E-state index in [2.05, 4.69) is 4.98 Å². The zero-order valence-corrected chi connectivity index (χ0v) is 15.4. The number of nitrogens with two attached hydrogens (primary N) is 1. The van der Waals surface area contributed by atoms with Crippen LogP contribution in [0.2, 0.25) is 0 Å². The lowest BCUT2D eigenvalue weighted by Gasteiger charge is -2.16. The van der Waals surface area contributed by atoms with E-state index < -0.39 is 0 Å². The van der Waals surface area contributed by atoms with Crippen molar-refractivity contribution in [3.63, 3.8) is 0 Å². The van der Waals surface area contributed by atoms with E-state index in [4.69, 9.17) is 10.5 Å². The maximum absolute atomic E-state index is 13.2. The summed E-state index contributed by atoms with van der Waals surface area (Å²) in [6.45, 7) is 1.95. The molecule has 0 fully saturated rings. The van der Waals surface area contributed by atoms with Crippen molar-refractivity contribution in [2.45, 2.75) is 18.5 Å². The van der Waals surface area contributed by atoms with Gasteiger partial charge in [-0.15, -0.1) is 0 Å². The largest absolute Gasteiger partial charge is 0.495 e. The summed E-state index contributed by atoms with van der Waals surface area (Å²) in [5.74, 6) is 0.626. The summed E-state index contributed by atoms with van der Waals surface area (Å²) in [7, 11) is 1.56. The molecule has 2 N–H and O–H groups in total. The van der Waals surface area contributed by atoms with Gasteiger partial charge in [0.1, 0.15) is 5.75 Å². The molecule has 7 heteroatoms. The van der Waals surface area contributed by atoms with Crippen LogP contribution in [0.25, 0.3) is 16.6 Å². The van der Waals surface area contributed by atoms with Crippen molar-refractivity contribution < 1.29 is 9.53 Å². The zero-order chi connectivity index (χ0) is 18.7. The number of primary amides is 1. The van der Waals surface area contributed by atoms with Crippen molar-refractivity contribution in [2.24, 2.45) is 5.73 Å². The van der Waals surface area contributed by atoms with E-state index in [0.29, 0.717) is 33.2 Å². The van der Waals surface area contributed by atoms with Gasteiger partial charge < -0.3 is 10.5 Å². The minimum absolute atomic E-state index is 0.180. The van der Waals surface area contributed by atoms with Gasteiger partial charge in [-0.1, -0.05) is 30.0 Å². The van der Waals surface area contributed by atoms with E-state index >= 15 is 0 Å². The smallest absolute Gasteiger partial charge is 0.266 e. The summed E-state index contributed by atoms with van der Waals surface area (Å²) in [6.07, 6.45) is 0.207. The van der Waals surface area contributed by atoms with Crippen molar-refractivity contribution in [1.82, 2.24) is 9.55 Å². The molecule has 134 valence electrons. The first-order chi connectivity index (χ1) is 12.5. The second-order valence-corrected chi connectivity index (χ2v) is 6.85. The number of carbonyl (C=O) groups is 1. The first-order valence-electron chi connectivity index (χ1n) is 8.09. The second kappa shape index (κ2) is 7.61. The minimum atomic E-state index is -0.389. The number of carbonyl (C=O) groups excluding carboxylic acids is 1. The normalized spacial score (nSPS) is 10.8. The number of hydrogen-bond acceptors (Lipinski definition) is 5. The molecule has 0 aliphatic heterocycles. The molecule has 26 heavy (non-hydrogen) atoms.